The molecule has 0 N–H and O–H groups in total. The minimum Gasteiger partial charge on any atom is -0.493 e. The summed E-state index contributed by atoms with van der Waals surface area (Å²) >= 11 is 1.75. The van der Waals surface area contributed by atoms with E-state index in [4.69, 9.17) is 14.5 Å². The molecule has 0 unspecified atom stereocenters. The fourth-order valence-corrected chi connectivity index (χ4v) is 4.62. The van der Waals surface area contributed by atoms with Gasteiger partial charge in [0, 0.05) is 11.5 Å². The molecule has 1 saturated carbocycles. The van der Waals surface area contributed by atoms with Crippen molar-refractivity contribution < 1.29 is 9.47 Å². The van der Waals surface area contributed by atoms with Crippen molar-refractivity contribution >= 4 is 17.0 Å². The Morgan fingerprint density at radius 3 is 2.61 bits per heavy atom. The molecule has 3 nitrogen and oxygen atoms in total. The number of nitrogens with zero attached hydrogens (tertiary/aromatic N) is 1. The fourth-order valence-electron chi connectivity index (χ4n) is 3.88. The molecule has 2 heterocycles. The molecule has 23 heavy (non-hydrogen) atoms. The number of methoxy groups -OCH3 is 2. The van der Waals surface area contributed by atoms with Gasteiger partial charge >= 0.3 is 0 Å². The van der Waals surface area contributed by atoms with Gasteiger partial charge in [-0.1, -0.05) is 18.9 Å². The first-order chi connectivity index (χ1) is 11.3. The Labute approximate surface area is 141 Å². The molecule has 0 amide bonds. The average molecular weight is 327 g/mol. The summed E-state index contributed by atoms with van der Waals surface area (Å²) < 4.78 is 11.1. The van der Waals surface area contributed by atoms with Gasteiger partial charge in [-0.2, -0.15) is 0 Å². The van der Waals surface area contributed by atoms with Gasteiger partial charge in [0.05, 0.1) is 30.9 Å². The quantitative estimate of drug-likeness (QED) is 0.822. The van der Waals surface area contributed by atoms with Crippen LogP contribution >= 0.6 is 11.3 Å². The van der Waals surface area contributed by atoms with Crippen LogP contribution in [0.3, 0.4) is 0 Å². The largest absolute Gasteiger partial charge is 0.493 e. The van der Waals surface area contributed by atoms with Gasteiger partial charge in [-0.15, -0.1) is 11.3 Å². The highest BCUT2D eigenvalue weighted by molar-refractivity contribution is 7.12. The summed E-state index contributed by atoms with van der Waals surface area (Å²) in [6.45, 7) is 0. The van der Waals surface area contributed by atoms with Crippen LogP contribution in [0.15, 0.2) is 34.6 Å². The summed E-state index contributed by atoms with van der Waals surface area (Å²) in [7, 11) is 3.40. The predicted octanol–water partition coefficient (Wildman–Crippen LogP) is 4.64. The third-order valence-corrected chi connectivity index (χ3v) is 5.87. The monoisotopic (exact) mass is 327 g/mol. The zero-order valence-electron chi connectivity index (χ0n) is 13.5. The Hall–Kier alpha value is -1.81. The molecule has 1 aromatic carbocycles. The van der Waals surface area contributed by atoms with Crippen molar-refractivity contribution in [3.8, 4) is 11.5 Å². The SMILES string of the molecule is COc1cc2c(cc1OC)[C@@H]1CCCC[C@@H]1N=C2c1cccs1. The van der Waals surface area contributed by atoms with Crippen LogP contribution in [0.25, 0.3) is 0 Å². The fraction of sp³-hybridized carbons (Fsp3) is 0.421. The second-order valence-electron chi connectivity index (χ2n) is 6.21. The van der Waals surface area contributed by atoms with Gasteiger partial charge in [0.15, 0.2) is 11.5 Å². The van der Waals surface area contributed by atoms with E-state index in [0.29, 0.717) is 12.0 Å². The number of aliphatic imine (C=N–C) groups is 1. The lowest BCUT2D eigenvalue weighted by Gasteiger charge is -2.35. The molecule has 1 aliphatic heterocycles. The van der Waals surface area contributed by atoms with Crippen molar-refractivity contribution in [2.24, 2.45) is 4.99 Å². The summed E-state index contributed by atoms with van der Waals surface area (Å²) in [5.41, 5.74) is 3.72. The van der Waals surface area contributed by atoms with Crippen LogP contribution in [0.1, 0.15) is 47.6 Å². The predicted molar refractivity (Wildman–Crippen MR) is 94.5 cm³/mol. The van der Waals surface area contributed by atoms with Crippen LogP contribution in [0.2, 0.25) is 0 Å². The van der Waals surface area contributed by atoms with Crippen LogP contribution in [0.5, 0.6) is 11.5 Å². The maximum Gasteiger partial charge on any atom is 0.161 e. The standard InChI is InChI=1S/C19H21NO2S/c1-21-16-10-13-12-6-3-4-7-15(12)20-19(18-8-5-9-23-18)14(13)11-17(16)22-2/h5,8-12,15H,3-4,6-7H2,1-2H3/t12-,15-/m0/s1. The average Bonchev–Trinajstić information content (AvgIpc) is 3.14. The molecule has 1 aliphatic carbocycles. The Bertz CT molecular complexity index is 736. The first-order valence-corrected chi connectivity index (χ1v) is 9.07. The summed E-state index contributed by atoms with van der Waals surface area (Å²) in [5.74, 6) is 2.12. The molecule has 0 spiro atoms. The first kappa shape index (κ1) is 14.8. The van der Waals surface area contributed by atoms with E-state index in [1.807, 2.05) is 0 Å². The molecule has 0 bridgehead atoms. The Morgan fingerprint density at radius 1 is 1.09 bits per heavy atom. The minimum absolute atomic E-state index is 0.409. The Kier molecular flexibility index (Phi) is 3.85. The van der Waals surface area contributed by atoms with E-state index in [1.165, 1.54) is 41.7 Å². The van der Waals surface area contributed by atoms with Crippen LogP contribution in [0.4, 0.5) is 0 Å². The highest BCUT2D eigenvalue weighted by Crippen LogP contribution is 2.45. The first-order valence-electron chi connectivity index (χ1n) is 8.19. The van der Waals surface area contributed by atoms with Crippen molar-refractivity contribution in [3.05, 3.63) is 45.6 Å². The van der Waals surface area contributed by atoms with Gasteiger partial charge < -0.3 is 9.47 Å². The van der Waals surface area contributed by atoms with Crippen molar-refractivity contribution in [2.45, 2.75) is 37.6 Å². The van der Waals surface area contributed by atoms with Gasteiger partial charge in [0.25, 0.3) is 0 Å². The zero-order chi connectivity index (χ0) is 15.8. The molecule has 2 aromatic rings. The lowest BCUT2D eigenvalue weighted by molar-refractivity contribution is 0.349. The molecule has 4 heteroatoms. The molecule has 4 rings (SSSR count). The number of rotatable bonds is 3. The lowest BCUT2D eigenvalue weighted by atomic mass is 9.75. The Balaban J connectivity index is 1.91. The normalized spacial score (nSPS) is 22.8. The highest BCUT2D eigenvalue weighted by atomic mass is 32.1. The Morgan fingerprint density at radius 2 is 1.87 bits per heavy atom. The van der Waals surface area contributed by atoms with Gasteiger partial charge in [-0.25, -0.2) is 0 Å². The summed E-state index contributed by atoms with van der Waals surface area (Å²) in [4.78, 5) is 6.39. The highest BCUT2D eigenvalue weighted by Gasteiger charge is 2.34. The molecule has 1 aromatic heterocycles. The molecular weight excluding hydrogens is 306 g/mol. The maximum atomic E-state index is 5.55. The number of thiophene rings is 1. The molecule has 2 aliphatic rings. The number of hydrogen-bond acceptors (Lipinski definition) is 4. The molecule has 0 radical (unpaired) electrons. The lowest BCUT2D eigenvalue weighted by Crippen LogP contribution is -2.29. The third-order valence-electron chi connectivity index (χ3n) is 4.99. The molecule has 0 saturated heterocycles. The summed E-state index contributed by atoms with van der Waals surface area (Å²) in [6.07, 6.45) is 4.98. The van der Waals surface area contributed by atoms with E-state index in [-0.39, 0.29) is 0 Å². The topological polar surface area (TPSA) is 30.8 Å². The molecule has 2 atom stereocenters. The van der Waals surface area contributed by atoms with E-state index in [1.54, 1.807) is 25.6 Å². The van der Waals surface area contributed by atoms with Crippen LogP contribution in [-0.4, -0.2) is 26.0 Å². The second-order valence-corrected chi connectivity index (χ2v) is 7.16. The van der Waals surface area contributed by atoms with Crippen molar-refractivity contribution in [2.75, 3.05) is 14.2 Å². The van der Waals surface area contributed by atoms with Crippen molar-refractivity contribution in [1.82, 2.24) is 0 Å². The van der Waals surface area contributed by atoms with Crippen LogP contribution in [0, 0.1) is 0 Å². The number of ether oxygens (including phenoxy) is 2. The third kappa shape index (κ3) is 2.45. The van der Waals surface area contributed by atoms with Crippen molar-refractivity contribution in [3.63, 3.8) is 0 Å². The van der Waals surface area contributed by atoms with Crippen LogP contribution in [-0.2, 0) is 0 Å². The van der Waals surface area contributed by atoms with Gasteiger partial charge in [-0.3, -0.25) is 4.99 Å². The van der Waals surface area contributed by atoms with E-state index in [0.717, 1.165) is 17.2 Å². The van der Waals surface area contributed by atoms with Crippen LogP contribution < -0.4 is 9.47 Å². The maximum absolute atomic E-state index is 5.55. The minimum atomic E-state index is 0.409. The van der Waals surface area contributed by atoms with Gasteiger partial charge in [0.1, 0.15) is 0 Å². The number of benzene rings is 1. The number of hydrogen-bond donors (Lipinski definition) is 0. The smallest absolute Gasteiger partial charge is 0.161 e. The van der Waals surface area contributed by atoms with Crippen molar-refractivity contribution in [1.29, 1.82) is 0 Å². The molecule has 120 valence electrons. The second kappa shape index (κ2) is 6.00. The van der Waals surface area contributed by atoms with E-state index in [9.17, 15) is 0 Å². The van der Waals surface area contributed by atoms with Gasteiger partial charge in [0.2, 0.25) is 0 Å². The van der Waals surface area contributed by atoms with Gasteiger partial charge in [-0.05, 0) is 42.0 Å². The van der Waals surface area contributed by atoms with E-state index >= 15 is 0 Å². The summed E-state index contributed by atoms with van der Waals surface area (Å²) in [5, 5.41) is 2.12. The summed E-state index contributed by atoms with van der Waals surface area (Å²) in [6, 6.07) is 8.95. The van der Waals surface area contributed by atoms with E-state index in [2.05, 4.69) is 29.6 Å². The molecule has 1 fully saturated rings. The number of fused-ring (bicyclic) bond motifs is 3. The van der Waals surface area contributed by atoms with E-state index < -0.39 is 0 Å². The zero-order valence-corrected chi connectivity index (χ0v) is 14.4. The molecular formula is C19H21NO2S.